The Bertz CT molecular complexity index is 541. The summed E-state index contributed by atoms with van der Waals surface area (Å²) < 4.78 is 69.3. The van der Waals surface area contributed by atoms with Crippen molar-refractivity contribution < 1.29 is 31.5 Å². The lowest BCUT2D eigenvalue weighted by atomic mass is 10.0. The summed E-state index contributed by atoms with van der Waals surface area (Å²) in [6.45, 7) is -0.927. The van der Waals surface area contributed by atoms with Crippen LogP contribution >= 0.6 is 0 Å². The second kappa shape index (κ2) is 6.60. The molecule has 0 atom stereocenters. The number of hydrogen-bond acceptors (Lipinski definition) is 2. The van der Waals surface area contributed by atoms with E-state index in [4.69, 9.17) is 4.74 Å². The van der Waals surface area contributed by atoms with Gasteiger partial charge in [-0.2, -0.15) is 13.2 Å². The zero-order valence-corrected chi connectivity index (χ0v) is 11.5. The Morgan fingerprint density at radius 1 is 1.18 bits per heavy atom. The molecule has 1 aliphatic heterocycles. The fourth-order valence-electron chi connectivity index (χ4n) is 2.35. The number of carbonyl (C=O) groups excluding carboxylic acids is 1. The van der Waals surface area contributed by atoms with E-state index in [2.05, 4.69) is 0 Å². The number of halogens is 5. The van der Waals surface area contributed by atoms with Gasteiger partial charge >= 0.3 is 6.18 Å². The molecule has 1 fully saturated rings. The van der Waals surface area contributed by atoms with Crippen LogP contribution in [0.2, 0.25) is 0 Å². The van der Waals surface area contributed by atoms with E-state index >= 15 is 0 Å². The van der Waals surface area contributed by atoms with Gasteiger partial charge in [-0.1, -0.05) is 0 Å². The largest absolute Gasteiger partial charge is 0.406 e. The Hall–Kier alpha value is -1.70. The van der Waals surface area contributed by atoms with Gasteiger partial charge in [-0.05, 0) is 31.0 Å². The van der Waals surface area contributed by atoms with Crippen LogP contribution < -0.4 is 0 Å². The number of alkyl halides is 3. The minimum atomic E-state index is -4.58. The number of ether oxygens (including phenoxy) is 1. The lowest BCUT2D eigenvalue weighted by molar-refractivity contribution is -0.147. The maximum atomic E-state index is 13.2. The van der Waals surface area contributed by atoms with Gasteiger partial charge in [0.2, 0.25) is 0 Å². The minimum Gasteiger partial charge on any atom is -0.381 e. The number of carbonyl (C=O) groups is 1. The number of hydrogen-bond donors (Lipinski definition) is 0. The number of benzene rings is 1. The molecular weight excluding hydrogens is 309 g/mol. The molecule has 0 saturated carbocycles. The van der Waals surface area contributed by atoms with Crippen molar-refractivity contribution in [2.45, 2.75) is 25.1 Å². The van der Waals surface area contributed by atoms with Crippen LogP contribution in [0.25, 0.3) is 0 Å². The predicted molar refractivity (Wildman–Crippen MR) is 67.3 cm³/mol. The highest BCUT2D eigenvalue weighted by Crippen LogP contribution is 2.24. The minimum absolute atomic E-state index is 0.254. The highest BCUT2D eigenvalue weighted by molar-refractivity contribution is 5.94. The lowest BCUT2D eigenvalue weighted by Crippen LogP contribution is -2.47. The monoisotopic (exact) mass is 323 g/mol. The van der Waals surface area contributed by atoms with Crippen molar-refractivity contribution in [3.8, 4) is 0 Å². The van der Waals surface area contributed by atoms with Gasteiger partial charge in [-0.3, -0.25) is 4.79 Å². The smallest absolute Gasteiger partial charge is 0.381 e. The first-order valence-corrected chi connectivity index (χ1v) is 6.68. The van der Waals surface area contributed by atoms with Crippen molar-refractivity contribution in [3.05, 3.63) is 35.4 Å². The third-order valence-electron chi connectivity index (χ3n) is 3.41. The van der Waals surface area contributed by atoms with Crippen molar-refractivity contribution in [1.82, 2.24) is 4.90 Å². The highest BCUT2D eigenvalue weighted by Gasteiger charge is 2.37. The maximum Gasteiger partial charge on any atom is 0.406 e. The molecule has 3 nitrogen and oxygen atoms in total. The first-order chi connectivity index (χ1) is 10.3. The average molecular weight is 323 g/mol. The van der Waals surface area contributed by atoms with Crippen LogP contribution in [0.3, 0.4) is 0 Å². The molecule has 0 radical (unpaired) electrons. The molecular formula is C14H14F5NO2. The zero-order valence-electron chi connectivity index (χ0n) is 11.5. The Morgan fingerprint density at radius 2 is 1.82 bits per heavy atom. The van der Waals surface area contributed by atoms with Crippen molar-refractivity contribution >= 4 is 5.91 Å². The molecule has 0 N–H and O–H groups in total. The normalized spacial score (nSPS) is 16.6. The number of rotatable bonds is 3. The van der Waals surface area contributed by atoms with E-state index in [1.165, 1.54) is 0 Å². The molecule has 1 aliphatic rings. The molecule has 1 aromatic rings. The molecule has 1 amide bonds. The van der Waals surface area contributed by atoms with Gasteiger partial charge in [-0.15, -0.1) is 0 Å². The maximum absolute atomic E-state index is 13.2. The van der Waals surface area contributed by atoms with Crippen LogP contribution in [-0.4, -0.2) is 42.8 Å². The van der Waals surface area contributed by atoms with Crippen LogP contribution in [0.5, 0.6) is 0 Å². The van der Waals surface area contributed by atoms with Crippen LogP contribution in [-0.2, 0) is 4.74 Å². The number of amides is 1. The summed E-state index contributed by atoms with van der Waals surface area (Å²) in [4.78, 5) is 12.9. The van der Waals surface area contributed by atoms with Crippen LogP contribution in [0.1, 0.15) is 23.2 Å². The SMILES string of the molecule is O=C(c1ccc(F)c(F)c1)N(CC(F)(F)F)C1CCOCC1. The fourth-order valence-corrected chi connectivity index (χ4v) is 2.35. The Balaban J connectivity index is 2.26. The molecule has 0 aromatic heterocycles. The Kier molecular flexibility index (Phi) is 5.00. The molecule has 8 heteroatoms. The van der Waals surface area contributed by atoms with Crippen molar-refractivity contribution in [2.24, 2.45) is 0 Å². The summed E-state index contributed by atoms with van der Waals surface area (Å²) in [5, 5.41) is 0. The van der Waals surface area contributed by atoms with Gasteiger partial charge in [-0.25, -0.2) is 8.78 Å². The molecule has 0 aliphatic carbocycles. The van der Waals surface area contributed by atoms with Crippen LogP contribution in [0, 0.1) is 11.6 Å². The number of nitrogens with zero attached hydrogens (tertiary/aromatic N) is 1. The molecule has 0 spiro atoms. The van der Waals surface area contributed by atoms with E-state index in [0.717, 1.165) is 12.1 Å². The molecule has 1 saturated heterocycles. The summed E-state index contributed by atoms with van der Waals surface area (Å²) in [7, 11) is 0. The first kappa shape index (κ1) is 16.7. The predicted octanol–water partition coefficient (Wildman–Crippen LogP) is 3.15. The van der Waals surface area contributed by atoms with E-state index in [1.807, 2.05) is 0 Å². The van der Waals surface area contributed by atoms with Gasteiger partial charge in [0.15, 0.2) is 11.6 Å². The van der Waals surface area contributed by atoms with E-state index in [1.54, 1.807) is 0 Å². The molecule has 2 rings (SSSR count). The quantitative estimate of drug-likeness (QED) is 0.800. The van der Waals surface area contributed by atoms with Gasteiger partial charge in [0.05, 0.1) is 0 Å². The van der Waals surface area contributed by atoms with E-state index in [0.29, 0.717) is 11.0 Å². The van der Waals surface area contributed by atoms with Gasteiger partial charge in [0.1, 0.15) is 6.54 Å². The second-order valence-electron chi connectivity index (χ2n) is 5.02. The zero-order chi connectivity index (χ0) is 16.3. The van der Waals surface area contributed by atoms with E-state index in [-0.39, 0.29) is 31.6 Å². The molecule has 0 unspecified atom stereocenters. The van der Waals surface area contributed by atoms with E-state index in [9.17, 15) is 26.7 Å². The van der Waals surface area contributed by atoms with Gasteiger partial charge in [0, 0.05) is 24.8 Å². The Morgan fingerprint density at radius 3 is 2.36 bits per heavy atom. The third kappa shape index (κ3) is 4.16. The van der Waals surface area contributed by atoms with Crippen LogP contribution in [0.15, 0.2) is 18.2 Å². The Labute approximate surface area is 123 Å². The first-order valence-electron chi connectivity index (χ1n) is 6.68. The summed E-state index contributed by atoms with van der Waals surface area (Å²) in [6, 6.07) is 1.67. The third-order valence-corrected chi connectivity index (χ3v) is 3.41. The van der Waals surface area contributed by atoms with Gasteiger partial charge < -0.3 is 9.64 Å². The van der Waals surface area contributed by atoms with Gasteiger partial charge in [0.25, 0.3) is 5.91 Å². The summed E-state index contributed by atoms with van der Waals surface area (Å²) in [5.74, 6) is -3.40. The molecule has 1 aromatic carbocycles. The summed E-state index contributed by atoms with van der Waals surface area (Å²) in [5.41, 5.74) is -0.311. The highest BCUT2D eigenvalue weighted by atomic mass is 19.4. The van der Waals surface area contributed by atoms with Crippen molar-refractivity contribution in [2.75, 3.05) is 19.8 Å². The van der Waals surface area contributed by atoms with Crippen LogP contribution in [0.4, 0.5) is 22.0 Å². The molecule has 122 valence electrons. The molecule has 1 heterocycles. The average Bonchev–Trinajstić information content (AvgIpc) is 2.47. The lowest BCUT2D eigenvalue weighted by Gasteiger charge is -2.34. The molecule has 22 heavy (non-hydrogen) atoms. The van der Waals surface area contributed by atoms with Crippen molar-refractivity contribution in [1.29, 1.82) is 0 Å². The van der Waals surface area contributed by atoms with Crippen molar-refractivity contribution in [3.63, 3.8) is 0 Å². The summed E-state index contributed by atoms with van der Waals surface area (Å²) >= 11 is 0. The topological polar surface area (TPSA) is 29.5 Å². The standard InChI is InChI=1S/C14H14F5NO2/c15-11-2-1-9(7-12(11)16)13(21)20(8-14(17,18)19)10-3-5-22-6-4-10/h1-2,7,10H,3-6,8H2. The fraction of sp³-hybridized carbons (Fsp3) is 0.500. The second-order valence-corrected chi connectivity index (χ2v) is 5.02. The summed E-state index contributed by atoms with van der Waals surface area (Å²) in [6.07, 6.45) is -4.04. The molecule has 0 bridgehead atoms. The van der Waals surface area contributed by atoms with E-state index < -0.39 is 36.3 Å².